The molecule has 4 heavy (non-hydrogen) atoms. The topological polar surface area (TPSA) is 51.7 Å². The Morgan fingerprint density at radius 1 is 1.25 bits per heavy atom. The zero-order chi connectivity index (χ0) is 2.00. The molecule has 0 unspecified atom stereocenters. The molecule has 0 radical (unpaired) electrons. The van der Waals surface area contributed by atoms with Crippen molar-refractivity contribution in [2.75, 3.05) is 0 Å². The summed E-state index contributed by atoms with van der Waals surface area (Å²) in [5, 5.41) is 6.75. The Bertz CT molecular complexity index is 6.00. The van der Waals surface area contributed by atoms with Gasteiger partial charge in [0, 0.05) is 16.5 Å². The van der Waals surface area contributed by atoms with Crippen molar-refractivity contribution in [1.82, 2.24) is 0 Å². The zero-order valence-electron chi connectivity index (χ0n) is 1.97. The maximum atomic E-state index is 6.75. The van der Waals surface area contributed by atoms with Gasteiger partial charge in [-0.05, 0) is 0 Å². The van der Waals surface area contributed by atoms with Gasteiger partial charge >= 0.3 is 0 Å². The zero-order valence-corrected chi connectivity index (χ0v) is 2.96. The van der Waals surface area contributed by atoms with Crippen LogP contribution in [0.2, 0.25) is 0 Å². The Morgan fingerprint density at radius 2 is 1.25 bits per heavy atom. The summed E-state index contributed by atoms with van der Waals surface area (Å²) in [6.45, 7) is 0. The smallest absolute Gasteiger partial charge is 0 e. The van der Waals surface area contributed by atoms with E-state index in [1.165, 1.54) is 0 Å². The summed E-state index contributed by atoms with van der Waals surface area (Å²) in [6, 6.07) is 0. The van der Waals surface area contributed by atoms with Gasteiger partial charge in [0.05, 0.1) is 0 Å². The number of hydrogen-bond donors (Lipinski definition) is 1. The molecule has 0 saturated heterocycles. The molecule has 0 aromatic carbocycles. The van der Waals surface area contributed by atoms with Crippen molar-refractivity contribution in [2.45, 2.75) is 0 Å². The predicted octanol–water partition coefficient (Wildman–Crippen LogP) is -0.677. The number of aliphatic hydroxyl groups excluding tert-OH is 1. The molecular formula is CH5NiO2-. The van der Waals surface area contributed by atoms with Gasteiger partial charge in [0.15, 0.2) is 0 Å². The van der Waals surface area contributed by atoms with E-state index in [1.54, 1.807) is 0 Å². The molecule has 0 bridgehead atoms. The van der Waals surface area contributed by atoms with Crippen molar-refractivity contribution in [3.8, 4) is 0 Å². The fourth-order valence-electron chi connectivity index (χ4n) is 0. The minimum absolute atomic E-state index is 0. The summed E-state index contributed by atoms with van der Waals surface area (Å²) in [7, 11) is 2.25. The molecule has 0 aromatic heterocycles. The first-order valence-corrected chi connectivity index (χ1v) is 0.316. The Labute approximate surface area is 35.1 Å². The van der Waals surface area contributed by atoms with E-state index in [0.29, 0.717) is 0 Å². The largest absolute Gasteiger partial charge is 0.569 e. The molecule has 2 nitrogen and oxygen atoms in total. The SMILES string of the molecule is O.[CH2-]O.[Ni]. The standard InChI is InChI=1S/CH3O.Ni.H2O/c1-2;;/h2H,1H2;;1H2/q-1;;. The third kappa shape index (κ3) is 28.2. The molecule has 3 N–H and O–H groups in total. The van der Waals surface area contributed by atoms with Crippen molar-refractivity contribution in [3.63, 3.8) is 0 Å². The van der Waals surface area contributed by atoms with Crippen LogP contribution in [-0.4, -0.2) is 10.6 Å². The quantitative estimate of drug-likeness (QED) is 0.324. The average molecular weight is 108 g/mol. The second-order valence-corrected chi connectivity index (χ2v) is 0. The van der Waals surface area contributed by atoms with Crippen molar-refractivity contribution in [3.05, 3.63) is 7.11 Å². The van der Waals surface area contributed by atoms with Crippen LogP contribution >= 0.6 is 0 Å². The first kappa shape index (κ1) is 25.7. The summed E-state index contributed by atoms with van der Waals surface area (Å²) in [4.78, 5) is 0. The van der Waals surface area contributed by atoms with E-state index in [-0.39, 0.29) is 22.0 Å². The first-order valence-electron chi connectivity index (χ1n) is 0.316. The number of rotatable bonds is 0. The first-order chi connectivity index (χ1) is 1.00. The second-order valence-electron chi connectivity index (χ2n) is 0. The molecule has 3 heteroatoms. The summed E-state index contributed by atoms with van der Waals surface area (Å²) in [5.74, 6) is 0. The summed E-state index contributed by atoms with van der Waals surface area (Å²) in [5.41, 5.74) is 0. The van der Waals surface area contributed by atoms with Crippen LogP contribution in [0, 0.1) is 7.11 Å². The van der Waals surface area contributed by atoms with Crippen LogP contribution in [0.15, 0.2) is 0 Å². The second kappa shape index (κ2) is 116. The van der Waals surface area contributed by atoms with E-state index >= 15 is 0 Å². The van der Waals surface area contributed by atoms with Gasteiger partial charge in [0.25, 0.3) is 0 Å². The van der Waals surface area contributed by atoms with E-state index in [1.807, 2.05) is 0 Å². The molecule has 0 amide bonds. The van der Waals surface area contributed by atoms with Gasteiger partial charge in [-0.2, -0.15) is 0 Å². The Hall–Kier alpha value is 0.414. The third-order valence-corrected chi connectivity index (χ3v) is 0. The normalized spacial score (nSPS) is 1.50. The van der Waals surface area contributed by atoms with Gasteiger partial charge in [0.2, 0.25) is 0 Å². The van der Waals surface area contributed by atoms with Gasteiger partial charge in [-0.1, -0.05) is 0 Å². The fourth-order valence-corrected chi connectivity index (χ4v) is 0. The monoisotopic (exact) mass is 107 g/mol. The van der Waals surface area contributed by atoms with Crippen LogP contribution in [0.25, 0.3) is 0 Å². The molecule has 0 atom stereocenters. The average Bonchev–Trinajstić information content (AvgIpc) is 1.00. The maximum absolute atomic E-state index is 6.75. The van der Waals surface area contributed by atoms with E-state index in [4.69, 9.17) is 5.11 Å². The molecule has 0 spiro atoms. The molecule has 32 valence electrons. The van der Waals surface area contributed by atoms with Crippen LogP contribution < -0.4 is 0 Å². The van der Waals surface area contributed by atoms with E-state index in [2.05, 4.69) is 7.11 Å². The molecular weight excluding hydrogens is 103 g/mol. The van der Waals surface area contributed by atoms with Crippen LogP contribution in [0.3, 0.4) is 0 Å². The third-order valence-electron chi connectivity index (χ3n) is 0. The number of hydrogen-bond acceptors (Lipinski definition) is 1. The van der Waals surface area contributed by atoms with Crippen molar-refractivity contribution < 1.29 is 27.1 Å². The van der Waals surface area contributed by atoms with Gasteiger partial charge in [0.1, 0.15) is 0 Å². The minimum Gasteiger partial charge on any atom is -0.569 e. The maximum Gasteiger partial charge on any atom is 0 e. The molecule has 0 saturated carbocycles. The van der Waals surface area contributed by atoms with Crippen molar-refractivity contribution in [1.29, 1.82) is 0 Å². The van der Waals surface area contributed by atoms with Gasteiger partial charge in [-0.15, -0.1) is 0 Å². The molecule has 0 heterocycles. The minimum atomic E-state index is 0. The van der Waals surface area contributed by atoms with Crippen molar-refractivity contribution >= 4 is 0 Å². The van der Waals surface area contributed by atoms with Gasteiger partial charge in [-0.3, -0.25) is 0 Å². The van der Waals surface area contributed by atoms with Crippen LogP contribution in [0.1, 0.15) is 0 Å². The molecule has 0 aliphatic carbocycles. The van der Waals surface area contributed by atoms with Crippen LogP contribution in [0.5, 0.6) is 0 Å². The summed E-state index contributed by atoms with van der Waals surface area (Å²) in [6.07, 6.45) is 0. The van der Waals surface area contributed by atoms with Gasteiger partial charge < -0.3 is 10.6 Å². The molecule has 0 fully saturated rings. The van der Waals surface area contributed by atoms with Crippen LogP contribution in [0.4, 0.5) is 0 Å². The molecule has 0 aliphatic rings. The van der Waals surface area contributed by atoms with Crippen LogP contribution in [-0.2, 0) is 16.5 Å². The van der Waals surface area contributed by atoms with E-state index < -0.39 is 0 Å². The number of aliphatic hydroxyl groups is 1. The molecule has 0 rings (SSSR count). The van der Waals surface area contributed by atoms with E-state index in [9.17, 15) is 0 Å². The molecule has 0 aromatic rings. The summed E-state index contributed by atoms with van der Waals surface area (Å²) >= 11 is 0. The summed E-state index contributed by atoms with van der Waals surface area (Å²) < 4.78 is 0. The molecule has 0 aliphatic heterocycles. The van der Waals surface area contributed by atoms with Crippen molar-refractivity contribution in [2.24, 2.45) is 0 Å². The Kier molecular flexibility index (Phi) is 748. The Balaban J connectivity index is -0.00000000500. The fraction of sp³-hybridized carbons (Fsp3) is 0. The van der Waals surface area contributed by atoms with E-state index in [0.717, 1.165) is 0 Å². The Morgan fingerprint density at radius 3 is 1.25 bits per heavy atom. The predicted molar refractivity (Wildman–Crippen MR) is 10.9 cm³/mol. The van der Waals surface area contributed by atoms with Gasteiger partial charge in [-0.25, -0.2) is 7.11 Å².